The van der Waals surface area contributed by atoms with Gasteiger partial charge in [0.2, 0.25) is 5.91 Å². The highest BCUT2D eigenvalue weighted by Crippen LogP contribution is 2.20. The van der Waals surface area contributed by atoms with Crippen molar-refractivity contribution in [2.45, 2.75) is 39.3 Å². The SMILES string of the molecule is CCN1CCO[C@@H](C(=O)N2CCC(C(=O)NCc3ccc(C)c(F)c3)CC2)C1. The fraction of sp³-hybridized carbons (Fsp3) is 0.619. The molecule has 2 heterocycles. The van der Waals surface area contributed by atoms with Crippen molar-refractivity contribution in [3.63, 3.8) is 0 Å². The number of aryl methyl sites for hydroxylation is 1. The highest BCUT2D eigenvalue weighted by atomic mass is 19.1. The molecule has 0 aliphatic carbocycles. The van der Waals surface area contributed by atoms with Gasteiger partial charge in [-0.2, -0.15) is 0 Å². The zero-order valence-corrected chi connectivity index (χ0v) is 16.7. The van der Waals surface area contributed by atoms with Gasteiger partial charge >= 0.3 is 0 Å². The van der Waals surface area contributed by atoms with Gasteiger partial charge in [0, 0.05) is 38.6 Å². The molecular weight excluding hydrogens is 361 g/mol. The summed E-state index contributed by atoms with van der Waals surface area (Å²) in [7, 11) is 0. The molecule has 6 nitrogen and oxygen atoms in total. The summed E-state index contributed by atoms with van der Waals surface area (Å²) < 4.78 is 19.3. The Bertz CT molecular complexity index is 704. The van der Waals surface area contributed by atoms with E-state index in [1.54, 1.807) is 13.0 Å². The molecule has 2 aliphatic heterocycles. The predicted octanol–water partition coefficient (Wildman–Crippen LogP) is 1.71. The Hall–Kier alpha value is -1.99. The first-order chi connectivity index (χ1) is 13.5. The minimum absolute atomic E-state index is 0.0286. The number of carbonyl (C=O) groups is 2. The van der Waals surface area contributed by atoms with Crippen LogP contribution < -0.4 is 5.32 Å². The summed E-state index contributed by atoms with van der Waals surface area (Å²) in [5, 5.41) is 2.90. The standard InChI is InChI=1S/C21H30FN3O3/c1-3-24-10-11-28-19(14-24)21(27)25-8-6-17(7-9-25)20(26)23-13-16-5-4-15(2)18(22)12-16/h4-5,12,17,19H,3,6-11,13-14H2,1-2H3,(H,23,26)/t19-/m1/s1. The van der Waals surface area contributed by atoms with Crippen LogP contribution in [0.1, 0.15) is 30.9 Å². The van der Waals surface area contributed by atoms with E-state index in [9.17, 15) is 14.0 Å². The maximum atomic E-state index is 13.6. The van der Waals surface area contributed by atoms with Crippen molar-refractivity contribution < 1.29 is 18.7 Å². The molecule has 3 rings (SSSR count). The van der Waals surface area contributed by atoms with Gasteiger partial charge in [0.15, 0.2) is 0 Å². The van der Waals surface area contributed by atoms with E-state index in [0.717, 1.165) is 18.7 Å². The molecule has 2 saturated heterocycles. The largest absolute Gasteiger partial charge is 0.366 e. The van der Waals surface area contributed by atoms with E-state index in [0.29, 0.717) is 51.2 Å². The fourth-order valence-corrected chi connectivity index (χ4v) is 3.78. The fourth-order valence-electron chi connectivity index (χ4n) is 3.78. The van der Waals surface area contributed by atoms with Crippen LogP contribution in [0.4, 0.5) is 4.39 Å². The Morgan fingerprint density at radius 2 is 2.00 bits per heavy atom. The molecule has 0 saturated carbocycles. The van der Waals surface area contributed by atoms with Crippen LogP contribution >= 0.6 is 0 Å². The Balaban J connectivity index is 1.44. The molecule has 28 heavy (non-hydrogen) atoms. The summed E-state index contributed by atoms with van der Waals surface area (Å²) >= 11 is 0. The van der Waals surface area contributed by atoms with Gasteiger partial charge in [-0.15, -0.1) is 0 Å². The number of nitrogens with zero attached hydrogens (tertiary/aromatic N) is 2. The number of likely N-dealkylation sites (tertiary alicyclic amines) is 1. The Morgan fingerprint density at radius 3 is 2.68 bits per heavy atom. The van der Waals surface area contributed by atoms with Crippen molar-refractivity contribution in [3.8, 4) is 0 Å². The van der Waals surface area contributed by atoms with E-state index < -0.39 is 6.10 Å². The van der Waals surface area contributed by atoms with Crippen molar-refractivity contribution in [2.75, 3.05) is 39.3 Å². The highest BCUT2D eigenvalue weighted by molar-refractivity contribution is 5.82. The second-order valence-corrected chi connectivity index (χ2v) is 7.65. The number of amides is 2. The summed E-state index contributed by atoms with van der Waals surface area (Å²) in [5.74, 6) is -0.366. The van der Waals surface area contributed by atoms with Crippen molar-refractivity contribution >= 4 is 11.8 Å². The highest BCUT2D eigenvalue weighted by Gasteiger charge is 2.33. The maximum absolute atomic E-state index is 13.6. The number of piperidine rings is 1. The lowest BCUT2D eigenvalue weighted by atomic mass is 9.95. The Morgan fingerprint density at radius 1 is 1.25 bits per heavy atom. The molecule has 0 bridgehead atoms. The number of halogens is 1. The van der Waals surface area contributed by atoms with Crippen LogP contribution in [-0.4, -0.2) is 67.0 Å². The van der Waals surface area contributed by atoms with Crippen molar-refractivity contribution in [1.29, 1.82) is 0 Å². The van der Waals surface area contributed by atoms with Gasteiger partial charge < -0.3 is 15.0 Å². The minimum Gasteiger partial charge on any atom is -0.366 e. The van der Waals surface area contributed by atoms with Crippen LogP contribution in [0.5, 0.6) is 0 Å². The normalized spacial score (nSPS) is 21.5. The van der Waals surface area contributed by atoms with Gasteiger partial charge in [-0.3, -0.25) is 14.5 Å². The lowest BCUT2D eigenvalue weighted by Crippen LogP contribution is -2.53. The monoisotopic (exact) mass is 391 g/mol. The van der Waals surface area contributed by atoms with Gasteiger partial charge in [0.1, 0.15) is 11.9 Å². The number of hydrogen-bond acceptors (Lipinski definition) is 4. The summed E-state index contributed by atoms with van der Waals surface area (Å²) in [5.41, 5.74) is 1.34. The molecular formula is C21H30FN3O3. The van der Waals surface area contributed by atoms with Gasteiger partial charge in [-0.1, -0.05) is 19.1 Å². The summed E-state index contributed by atoms with van der Waals surface area (Å²) in [4.78, 5) is 29.2. The van der Waals surface area contributed by atoms with Crippen molar-refractivity contribution in [1.82, 2.24) is 15.1 Å². The first-order valence-electron chi connectivity index (χ1n) is 10.1. The predicted molar refractivity (Wildman–Crippen MR) is 104 cm³/mol. The first-order valence-corrected chi connectivity index (χ1v) is 10.1. The molecule has 1 N–H and O–H groups in total. The van der Waals surface area contributed by atoms with Gasteiger partial charge in [0.25, 0.3) is 5.91 Å². The molecule has 0 radical (unpaired) electrons. The van der Waals surface area contributed by atoms with E-state index in [4.69, 9.17) is 4.74 Å². The Kier molecular flexibility index (Phi) is 7.02. The third kappa shape index (κ3) is 5.08. The first kappa shape index (κ1) is 20.7. The van der Waals surface area contributed by atoms with Crippen LogP contribution in [0, 0.1) is 18.7 Å². The third-order valence-corrected chi connectivity index (χ3v) is 5.75. The molecule has 0 spiro atoms. The molecule has 1 aromatic carbocycles. The number of rotatable bonds is 5. The topological polar surface area (TPSA) is 61.9 Å². The number of likely N-dealkylation sites (N-methyl/N-ethyl adjacent to an activating group) is 1. The lowest BCUT2D eigenvalue weighted by molar-refractivity contribution is -0.151. The second kappa shape index (κ2) is 9.47. The molecule has 7 heteroatoms. The van der Waals surface area contributed by atoms with Crippen LogP contribution in [-0.2, 0) is 20.9 Å². The summed E-state index contributed by atoms with van der Waals surface area (Å²) in [6.45, 7) is 8.27. The second-order valence-electron chi connectivity index (χ2n) is 7.65. The zero-order valence-electron chi connectivity index (χ0n) is 16.7. The lowest BCUT2D eigenvalue weighted by Gasteiger charge is -2.37. The van der Waals surface area contributed by atoms with E-state index in [-0.39, 0.29) is 23.5 Å². The van der Waals surface area contributed by atoms with E-state index in [1.807, 2.05) is 11.0 Å². The van der Waals surface area contributed by atoms with Crippen LogP contribution in [0.25, 0.3) is 0 Å². The van der Waals surface area contributed by atoms with E-state index in [1.165, 1.54) is 6.07 Å². The maximum Gasteiger partial charge on any atom is 0.253 e. The number of ether oxygens (including phenoxy) is 1. The summed E-state index contributed by atoms with van der Waals surface area (Å²) in [6.07, 6.45) is 0.893. The quantitative estimate of drug-likeness (QED) is 0.830. The number of nitrogens with one attached hydrogen (secondary N) is 1. The zero-order chi connectivity index (χ0) is 20.1. The van der Waals surface area contributed by atoms with Crippen LogP contribution in [0.2, 0.25) is 0 Å². The molecule has 2 fully saturated rings. The number of morpholine rings is 1. The average Bonchev–Trinajstić information content (AvgIpc) is 2.74. The van der Waals surface area contributed by atoms with E-state index >= 15 is 0 Å². The summed E-state index contributed by atoms with van der Waals surface area (Å²) in [6, 6.07) is 5.00. The van der Waals surface area contributed by atoms with Gasteiger partial charge in [-0.25, -0.2) is 4.39 Å². The van der Waals surface area contributed by atoms with Crippen molar-refractivity contribution in [2.24, 2.45) is 5.92 Å². The molecule has 0 aromatic heterocycles. The molecule has 1 atom stereocenters. The number of benzene rings is 1. The number of hydrogen-bond donors (Lipinski definition) is 1. The van der Waals surface area contributed by atoms with Crippen LogP contribution in [0.15, 0.2) is 18.2 Å². The minimum atomic E-state index is -0.393. The molecule has 2 amide bonds. The van der Waals surface area contributed by atoms with Gasteiger partial charge in [0.05, 0.1) is 6.61 Å². The molecule has 2 aliphatic rings. The molecule has 1 aromatic rings. The molecule has 0 unspecified atom stereocenters. The average molecular weight is 391 g/mol. The van der Waals surface area contributed by atoms with E-state index in [2.05, 4.69) is 17.1 Å². The van der Waals surface area contributed by atoms with Crippen molar-refractivity contribution in [3.05, 3.63) is 35.1 Å². The smallest absolute Gasteiger partial charge is 0.253 e. The van der Waals surface area contributed by atoms with Gasteiger partial charge in [-0.05, 0) is 43.5 Å². The van der Waals surface area contributed by atoms with Crippen LogP contribution in [0.3, 0.4) is 0 Å². The number of carbonyl (C=O) groups excluding carboxylic acids is 2. The third-order valence-electron chi connectivity index (χ3n) is 5.75. The Labute approximate surface area is 166 Å². The molecule has 154 valence electrons.